The number of halogens is 2. The van der Waals surface area contributed by atoms with Crippen molar-refractivity contribution < 1.29 is 28.3 Å². The van der Waals surface area contributed by atoms with Gasteiger partial charge in [0, 0.05) is 30.5 Å². The van der Waals surface area contributed by atoms with Crippen LogP contribution in [0.2, 0.25) is 0 Å². The summed E-state index contributed by atoms with van der Waals surface area (Å²) < 4.78 is 27.0. The number of amides is 2. The first-order valence-electron chi connectivity index (χ1n) is 7.75. The van der Waals surface area contributed by atoms with Gasteiger partial charge in [-0.2, -0.15) is 0 Å². The van der Waals surface area contributed by atoms with Crippen LogP contribution in [0.5, 0.6) is 0 Å². The highest BCUT2D eigenvalue weighted by molar-refractivity contribution is 5.79. The fourth-order valence-electron chi connectivity index (χ4n) is 2.36. The van der Waals surface area contributed by atoms with Crippen LogP contribution in [0.1, 0.15) is 51.6 Å². The summed E-state index contributed by atoms with van der Waals surface area (Å²) >= 11 is 0. The zero-order valence-electron chi connectivity index (χ0n) is 14.4. The summed E-state index contributed by atoms with van der Waals surface area (Å²) in [6.07, 6.45) is -0.169. The van der Waals surface area contributed by atoms with E-state index in [-0.39, 0.29) is 24.8 Å². The van der Waals surface area contributed by atoms with Gasteiger partial charge in [-0.1, -0.05) is 6.07 Å². The molecule has 3 N–H and O–H groups in total. The quantitative estimate of drug-likeness (QED) is 0.666. The molecule has 2 amide bonds. The van der Waals surface area contributed by atoms with Gasteiger partial charge in [-0.3, -0.25) is 14.4 Å². The minimum Gasteiger partial charge on any atom is -0.481 e. The van der Waals surface area contributed by atoms with Gasteiger partial charge in [0.1, 0.15) is 11.6 Å². The van der Waals surface area contributed by atoms with Crippen molar-refractivity contribution >= 4 is 17.8 Å². The number of rotatable bonds is 8. The van der Waals surface area contributed by atoms with Crippen LogP contribution in [0.3, 0.4) is 0 Å². The molecule has 0 bridgehead atoms. The number of carbonyl (C=O) groups excluding carboxylic acids is 2. The van der Waals surface area contributed by atoms with Gasteiger partial charge in [0.25, 0.3) is 0 Å². The second-order valence-electron chi connectivity index (χ2n) is 6.45. The summed E-state index contributed by atoms with van der Waals surface area (Å²) in [6, 6.07) is 1.93. The third-order valence-corrected chi connectivity index (χ3v) is 3.55. The van der Waals surface area contributed by atoms with Crippen molar-refractivity contribution in [3.05, 3.63) is 35.4 Å². The summed E-state index contributed by atoms with van der Waals surface area (Å²) in [5.41, 5.74) is -0.785. The number of aliphatic carboxylic acids is 1. The highest BCUT2D eigenvalue weighted by Gasteiger charge is 2.25. The lowest BCUT2D eigenvalue weighted by Gasteiger charge is -2.27. The normalized spacial score (nSPS) is 12.4. The standard InChI is InChI=1S/C17H22F2N2O4/c1-10(22)20-14(12-5-4-11(18)8-13(12)19)9-15(23)21-17(2,3)7-6-16(24)25/h4-5,8,14H,6-7,9H2,1-3H3,(H,20,22)(H,21,23)(H,24,25). The van der Waals surface area contributed by atoms with E-state index in [1.54, 1.807) is 13.8 Å². The molecule has 0 aromatic heterocycles. The van der Waals surface area contributed by atoms with Crippen LogP contribution < -0.4 is 10.6 Å². The zero-order valence-corrected chi connectivity index (χ0v) is 14.4. The second kappa shape index (κ2) is 8.55. The third kappa shape index (κ3) is 7.28. The van der Waals surface area contributed by atoms with Crippen molar-refractivity contribution in [2.45, 2.75) is 51.6 Å². The first-order chi connectivity index (χ1) is 11.5. The Balaban J connectivity index is 2.86. The van der Waals surface area contributed by atoms with Crippen LogP contribution in [0.15, 0.2) is 18.2 Å². The monoisotopic (exact) mass is 356 g/mol. The van der Waals surface area contributed by atoms with Crippen molar-refractivity contribution in [3.8, 4) is 0 Å². The van der Waals surface area contributed by atoms with Gasteiger partial charge < -0.3 is 15.7 Å². The van der Waals surface area contributed by atoms with Gasteiger partial charge >= 0.3 is 5.97 Å². The van der Waals surface area contributed by atoms with E-state index >= 15 is 0 Å². The lowest BCUT2D eigenvalue weighted by molar-refractivity contribution is -0.138. The van der Waals surface area contributed by atoms with Gasteiger partial charge in [0.2, 0.25) is 11.8 Å². The van der Waals surface area contributed by atoms with Crippen molar-refractivity contribution in [1.82, 2.24) is 10.6 Å². The maximum atomic E-state index is 14.0. The molecule has 1 aromatic rings. The minimum absolute atomic E-state index is 0.00454. The summed E-state index contributed by atoms with van der Waals surface area (Å²) in [6.45, 7) is 4.56. The molecular weight excluding hydrogens is 334 g/mol. The molecule has 138 valence electrons. The average molecular weight is 356 g/mol. The predicted octanol–water partition coefficient (Wildman–Crippen LogP) is 2.29. The van der Waals surface area contributed by atoms with E-state index in [9.17, 15) is 23.2 Å². The van der Waals surface area contributed by atoms with E-state index in [1.807, 2.05) is 0 Å². The van der Waals surface area contributed by atoms with Crippen molar-refractivity contribution in [2.75, 3.05) is 0 Å². The Bertz CT molecular complexity index is 662. The van der Waals surface area contributed by atoms with Crippen LogP contribution >= 0.6 is 0 Å². The molecular formula is C17H22F2N2O4. The van der Waals surface area contributed by atoms with Crippen LogP contribution in [0.4, 0.5) is 8.78 Å². The van der Waals surface area contributed by atoms with E-state index in [2.05, 4.69) is 10.6 Å². The molecule has 6 nitrogen and oxygen atoms in total. The van der Waals surface area contributed by atoms with E-state index in [0.717, 1.165) is 6.07 Å². The number of nitrogens with one attached hydrogen (secondary N) is 2. The van der Waals surface area contributed by atoms with Crippen LogP contribution in [0.25, 0.3) is 0 Å². The lowest BCUT2D eigenvalue weighted by Crippen LogP contribution is -2.45. The molecule has 0 aliphatic rings. The molecule has 1 aromatic carbocycles. The van der Waals surface area contributed by atoms with E-state index in [0.29, 0.717) is 6.07 Å². The minimum atomic E-state index is -0.980. The Morgan fingerprint density at radius 2 is 1.88 bits per heavy atom. The molecule has 1 atom stereocenters. The maximum absolute atomic E-state index is 14.0. The number of carboxylic acid groups (broad SMARTS) is 1. The number of carboxylic acids is 1. The van der Waals surface area contributed by atoms with Gasteiger partial charge in [-0.15, -0.1) is 0 Å². The number of hydrogen-bond acceptors (Lipinski definition) is 3. The van der Waals surface area contributed by atoms with Gasteiger partial charge in [0.15, 0.2) is 0 Å². The second-order valence-corrected chi connectivity index (χ2v) is 6.45. The molecule has 0 spiro atoms. The number of hydrogen-bond donors (Lipinski definition) is 3. The molecule has 25 heavy (non-hydrogen) atoms. The average Bonchev–Trinajstić information content (AvgIpc) is 2.43. The Morgan fingerprint density at radius 3 is 2.40 bits per heavy atom. The molecule has 0 fully saturated rings. The highest BCUT2D eigenvalue weighted by Crippen LogP contribution is 2.22. The fraction of sp³-hybridized carbons (Fsp3) is 0.471. The van der Waals surface area contributed by atoms with Crippen LogP contribution in [-0.2, 0) is 14.4 Å². The molecule has 0 aliphatic carbocycles. The van der Waals surface area contributed by atoms with Crippen molar-refractivity contribution in [1.29, 1.82) is 0 Å². The molecule has 8 heteroatoms. The molecule has 0 saturated carbocycles. The van der Waals surface area contributed by atoms with E-state index in [4.69, 9.17) is 5.11 Å². The van der Waals surface area contributed by atoms with Gasteiger partial charge in [-0.05, 0) is 26.3 Å². The first-order valence-corrected chi connectivity index (χ1v) is 7.75. The topological polar surface area (TPSA) is 95.5 Å². The smallest absolute Gasteiger partial charge is 0.303 e. The third-order valence-electron chi connectivity index (χ3n) is 3.55. The Kier molecular flexibility index (Phi) is 7.02. The van der Waals surface area contributed by atoms with Crippen LogP contribution in [0, 0.1) is 11.6 Å². The summed E-state index contributed by atoms with van der Waals surface area (Å²) in [5, 5.41) is 13.9. The molecule has 0 radical (unpaired) electrons. The van der Waals surface area contributed by atoms with Crippen LogP contribution in [-0.4, -0.2) is 28.4 Å². The van der Waals surface area contributed by atoms with E-state index in [1.165, 1.54) is 13.0 Å². The Hall–Kier alpha value is -2.51. The number of benzene rings is 1. The SMILES string of the molecule is CC(=O)NC(CC(=O)NC(C)(C)CCC(=O)O)c1ccc(F)cc1F. The summed E-state index contributed by atoms with van der Waals surface area (Å²) in [4.78, 5) is 34.2. The van der Waals surface area contributed by atoms with Crippen molar-refractivity contribution in [2.24, 2.45) is 0 Å². The van der Waals surface area contributed by atoms with Gasteiger partial charge in [-0.25, -0.2) is 8.78 Å². The highest BCUT2D eigenvalue weighted by atomic mass is 19.1. The fourth-order valence-corrected chi connectivity index (χ4v) is 2.36. The van der Waals surface area contributed by atoms with E-state index < -0.39 is 41.0 Å². The molecule has 0 saturated heterocycles. The lowest BCUT2D eigenvalue weighted by atomic mass is 9.96. The Labute approximate surface area is 144 Å². The molecule has 1 rings (SSSR count). The maximum Gasteiger partial charge on any atom is 0.303 e. The zero-order chi connectivity index (χ0) is 19.2. The first kappa shape index (κ1) is 20.5. The Morgan fingerprint density at radius 1 is 1.24 bits per heavy atom. The predicted molar refractivity (Wildman–Crippen MR) is 86.6 cm³/mol. The van der Waals surface area contributed by atoms with Gasteiger partial charge in [0.05, 0.1) is 12.5 Å². The molecule has 0 aliphatic heterocycles. The largest absolute Gasteiger partial charge is 0.481 e. The number of carbonyl (C=O) groups is 3. The van der Waals surface area contributed by atoms with Crippen molar-refractivity contribution in [3.63, 3.8) is 0 Å². The molecule has 1 unspecified atom stereocenters. The summed E-state index contributed by atoms with van der Waals surface area (Å²) in [7, 11) is 0. The molecule has 0 heterocycles. The summed E-state index contributed by atoms with van der Waals surface area (Å²) in [5.74, 6) is -3.56.